The van der Waals surface area contributed by atoms with Crippen LogP contribution in [-0.4, -0.2) is 34.2 Å². The summed E-state index contributed by atoms with van der Waals surface area (Å²) in [6.45, 7) is 2.84. The second kappa shape index (κ2) is 7.40. The van der Waals surface area contributed by atoms with Crippen molar-refractivity contribution in [3.63, 3.8) is 0 Å². The largest absolute Gasteiger partial charge is 0.368 e. The molecule has 1 amide bonds. The Balaban J connectivity index is 1.42. The molecule has 0 spiro atoms. The summed E-state index contributed by atoms with van der Waals surface area (Å²) in [5.74, 6) is 0.385. The first-order chi connectivity index (χ1) is 13.1. The van der Waals surface area contributed by atoms with Crippen molar-refractivity contribution in [3.8, 4) is 0 Å². The number of carbonyl (C=O) groups is 1. The number of nitrogens with one attached hydrogen (secondary N) is 1. The lowest BCUT2D eigenvalue weighted by Crippen LogP contribution is -2.26. The number of halogens is 1. The first-order valence-electron chi connectivity index (χ1n) is 8.89. The van der Waals surface area contributed by atoms with Gasteiger partial charge >= 0.3 is 0 Å². The topological polar surface area (TPSA) is 90.1 Å². The van der Waals surface area contributed by atoms with E-state index < -0.39 is 0 Å². The quantitative estimate of drug-likeness (QED) is 0.743. The Kier molecular flexibility index (Phi) is 4.81. The van der Waals surface area contributed by atoms with E-state index in [1.807, 2.05) is 0 Å². The molecule has 1 aliphatic rings. The Labute approximate surface area is 154 Å². The predicted octanol–water partition coefficient (Wildman–Crippen LogP) is 2.89. The van der Waals surface area contributed by atoms with Gasteiger partial charge < -0.3 is 14.6 Å². The van der Waals surface area contributed by atoms with Crippen LogP contribution in [0.2, 0.25) is 0 Å². The summed E-state index contributed by atoms with van der Waals surface area (Å²) in [5.41, 5.74) is 1.57. The number of ether oxygens (including phenoxy) is 1. The first kappa shape index (κ1) is 17.5. The number of hydrogen-bond donors (Lipinski definition) is 1. The van der Waals surface area contributed by atoms with E-state index in [4.69, 9.17) is 9.26 Å². The van der Waals surface area contributed by atoms with Gasteiger partial charge in [0.2, 0.25) is 0 Å². The minimum absolute atomic E-state index is 0.118. The number of pyridine rings is 1. The predicted molar refractivity (Wildman–Crippen MR) is 94.7 cm³/mol. The lowest BCUT2D eigenvalue weighted by molar-refractivity contribution is 0.0835. The molecule has 3 aromatic rings. The number of carbonyl (C=O) groups excluding carboxylic acids is 1. The van der Waals surface area contributed by atoms with E-state index in [0.29, 0.717) is 53.4 Å². The zero-order valence-corrected chi connectivity index (χ0v) is 14.9. The number of nitrogens with zero attached hydrogens (tertiary/aromatic N) is 3. The third-order valence-corrected chi connectivity index (χ3v) is 4.47. The zero-order chi connectivity index (χ0) is 18.8. The Morgan fingerprint density at radius 3 is 3.04 bits per heavy atom. The van der Waals surface area contributed by atoms with Crippen LogP contribution < -0.4 is 5.32 Å². The molecule has 1 saturated heterocycles. The monoisotopic (exact) mass is 370 g/mol. The molecule has 140 valence electrons. The molecule has 27 heavy (non-hydrogen) atoms. The molecule has 0 saturated carbocycles. The standard InChI is InChI=1S/C19H19FN4O3/c1-11-9-14(13-5-4-12(20)10-15(13)22-11)18(25)21-7-6-17-23-19(27-24-17)16-3-2-8-26-16/h4-5,9-10,16H,2-3,6-8H2,1H3,(H,21,25). The summed E-state index contributed by atoms with van der Waals surface area (Å²) in [5, 5.41) is 7.39. The molecule has 0 bridgehead atoms. The van der Waals surface area contributed by atoms with Crippen LogP contribution in [0.25, 0.3) is 10.9 Å². The SMILES string of the molecule is Cc1cc(C(=O)NCCc2noc(C3CCCO3)n2)c2ccc(F)cc2n1. The van der Waals surface area contributed by atoms with Crippen LogP contribution in [0.5, 0.6) is 0 Å². The molecule has 0 radical (unpaired) electrons. The summed E-state index contributed by atoms with van der Waals surface area (Å²) in [6.07, 6.45) is 2.20. The number of benzene rings is 1. The summed E-state index contributed by atoms with van der Waals surface area (Å²) < 4.78 is 24.2. The number of rotatable bonds is 5. The normalized spacial score (nSPS) is 16.7. The van der Waals surface area contributed by atoms with Crippen molar-refractivity contribution in [1.29, 1.82) is 0 Å². The molecule has 1 N–H and O–H groups in total. The summed E-state index contributed by atoms with van der Waals surface area (Å²) in [4.78, 5) is 21.2. The zero-order valence-electron chi connectivity index (χ0n) is 14.9. The molecule has 1 aromatic carbocycles. The fraction of sp³-hybridized carbons (Fsp3) is 0.368. The molecular weight excluding hydrogens is 351 g/mol. The third kappa shape index (κ3) is 3.80. The highest BCUT2D eigenvalue weighted by Gasteiger charge is 2.23. The van der Waals surface area contributed by atoms with Crippen LogP contribution in [0, 0.1) is 12.7 Å². The Morgan fingerprint density at radius 1 is 1.33 bits per heavy atom. The smallest absolute Gasteiger partial charge is 0.255 e. The van der Waals surface area contributed by atoms with Crippen LogP contribution in [0.3, 0.4) is 0 Å². The molecule has 1 unspecified atom stereocenters. The molecule has 0 aliphatic carbocycles. The number of fused-ring (bicyclic) bond motifs is 1. The fourth-order valence-corrected chi connectivity index (χ4v) is 3.18. The van der Waals surface area contributed by atoms with Gasteiger partial charge in [0.1, 0.15) is 11.9 Å². The molecule has 3 heterocycles. The van der Waals surface area contributed by atoms with Crippen LogP contribution in [-0.2, 0) is 11.2 Å². The fourth-order valence-electron chi connectivity index (χ4n) is 3.18. The van der Waals surface area contributed by atoms with E-state index in [-0.39, 0.29) is 17.8 Å². The molecule has 8 heteroatoms. The maximum atomic E-state index is 13.4. The summed E-state index contributed by atoms with van der Waals surface area (Å²) in [6, 6.07) is 5.91. The van der Waals surface area contributed by atoms with E-state index >= 15 is 0 Å². The van der Waals surface area contributed by atoms with E-state index in [1.165, 1.54) is 12.1 Å². The average Bonchev–Trinajstić information content (AvgIpc) is 3.32. The summed E-state index contributed by atoms with van der Waals surface area (Å²) in [7, 11) is 0. The third-order valence-electron chi connectivity index (χ3n) is 4.47. The highest BCUT2D eigenvalue weighted by molar-refractivity contribution is 6.06. The minimum Gasteiger partial charge on any atom is -0.368 e. The van der Waals surface area contributed by atoms with Gasteiger partial charge in [-0.05, 0) is 38.0 Å². The lowest BCUT2D eigenvalue weighted by atomic mass is 10.1. The van der Waals surface area contributed by atoms with Crippen LogP contribution in [0.15, 0.2) is 28.8 Å². The number of amides is 1. The van der Waals surface area contributed by atoms with Crippen molar-refractivity contribution in [2.75, 3.05) is 13.2 Å². The molecular formula is C19H19FN4O3. The van der Waals surface area contributed by atoms with E-state index in [2.05, 4.69) is 20.4 Å². The number of aromatic nitrogens is 3. The van der Waals surface area contributed by atoms with Crippen molar-refractivity contribution in [1.82, 2.24) is 20.4 Å². The molecule has 1 aliphatic heterocycles. The van der Waals surface area contributed by atoms with Crippen LogP contribution >= 0.6 is 0 Å². The lowest BCUT2D eigenvalue weighted by Gasteiger charge is -2.08. The Hall–Kier alpha value is -2.87. The van der Waals surface area contributed by atoms with Gasteiger partial charge in [0.05, 0.1) is 11.1 Å². The van der Waals surface area contributed by atoms with Gasteiger partial charge in [-0.15, -0.1) is 0 Å². The van der Waals surface area contributed by atoms with Gasteiger partial charge in [-0.2, -0.15) is 4.98 Å². The van der Waals surface area contributed by atoms with E-state index in [1.54, 1.807) is 19.1 Å². The van der Waals surface area contributed by atoms with Gasteiger partial charge in [-0.25, -0.2) is 4.39 Å². The first-order valence-corrected chi connectivity index (χ1v) is 8.89. The second-order valence-corrected chi connectivity index (χ2v) is 6.53. The molecule has 7 nitrogen and oxygen atoms in total. The van der Waals surface area contributed by atoms with Gasteiger partial charge in [0.25, 0.3) is 11.8 Å². The molecule has 1 fully saturated rings. The van der Waals surface area contributed by atoms with E-state index in [9.17, 15) is 9.18 Å². The van der Waals surface area contributed by atoms with Crippen LogP contribution in [0.4, 0.5) is 4.39 Å². The maximum absolute atomic E-state index is 13.4. The molecule has 1 atom stereocenters. The number of hydrogen-bond acceptors (Lipinski definition) is 6. The molecule has 2 aromatic heterocycles. The Morgan fingerprint density at radius 2 is 2.22 bits per heavy atom. The highest BCUT2D eigenvalue weighted by atomic mass is 19.1. The maximum Gasteiger partial charge on any atom is 0.255 e. The van der Waals surface area contributed by atoms with Crippen molar-refractivity contribution in [2.24, 2.45) is 0 Å². The second-order valence-electron chi connectivity index (χ2n) is 6.53. The van der Waals surface area contributed by atoms with Gasteiger partial charge in [-0.1, -0.05) is 5.16 Å². The van der Waals surface area contributed by atoms with Crippen molar-refractivity contribution < 1.29 is 18.4 Å². The van der Waals surface area contributed by atoms with E-state index in [0.717, 1.165) is 12.8 Å². The van der Waals surface area contributed by atoms with Crippen molar-refractivity contribution in [3.05, 3.63) is 53.1 Å². The summed E-state index contributed by atoms with van der Waals surface area (Å²) >= 11 is 0. The highest BCUT2D eigenvalue weighted by Crippen LogP contribution is 2.26. The number of aryl methyl sites for hydroxylation is 1. The minimum atomic E-state index is -0.383. The van der Waals surface area contributed by atoms with Crippen molar-refractivity contribution in [2.45, 2.75) is 32.3 Å². The van der Waals surface area contributed by atoms with Gasteiger partial charge in [0, 0.05) is 36.7 Å². The van der Waals surface area contributed by atoms with Crippen molar-refractivity contribution >= 4 is 16.8 Å². The molecule has 4 rings (SSSR count). The van der Waals surface area contributed by atoms with Gasteiger partial charge in [0.15, 0.2) is 5.82 Å². The van der Waals surface area contributed by atoms with Gasteiger partial charge in [-0.3, -0.25) is 9.78 Å². The Bertz CT molecular complexity index is 977. The average molecular weight is 370 g/mol. The van der Waals surface area contributed by atoms with Crippen LogP contribution in [0.1, 0.15) is 46.7 Å².